The summed E-state index contributed by atoms with van der Waals surface area (Å²) in [4.78, 5) is 19.9. The van der Waals surface area contributed by atoms with Crippen LogP contribution >= 0.6 is 0 Å². The van der Waals surface area contributed by atoms with E-state index in [9.17, 15) is 4.79 Å². The molecule has 1 aliphatic carbocycles. The van der Waals surface area contributed by atoms with Crippen LogP contribution in [0.15, 0.2) is 48.7 Å². The van der Waals surface area contributed by atoms with Gasteiger partial charge in [0.15, 0.2) is 0 Å². The van der Waals surface area contributed by atoms with Crippen LogP contribution in [-0.4, -0.2) is 22.5 Å². The first-order chi connectivity index (χ1) is 14.2. The van der Waals surface area contributed by atoms with E-state index in [1.165, 1.54) is 24.0 Å². The fourth-order valence-corrected chi connectivity index (χ4v) is 4.35. The van der Waals surface area contributed by atoms with Crippen molar-refractivity contribution in [3.8, 4) is 22.6 Å². The van der Waals surface area contributed by atoms with Gasteiger partial charge < -0.3 is 9.72 Å². The molecule has 0 unspecified atom stereocenters. The quantitative estimate of drug-likeness (QED) is 0.523. The van der Waals surface area contributed by atoms with Crippen molar-refractivity contribution in [1.29, 1.82) is 0 Å². The number of carbonyl (C=O) groups is 1. The number of hydrogen-bond donors (Lipinski definition) is 1. The van der Waals surface area contributed by atoms with Crippen LogP contribution in [0.3, 0.4) is 0 Å². The Hall–Kier alpha value is -2.88. The highest BCUT2D eigenvalue weighted by Gasteiger charge is 2.37. The third kappa shape index (κ3) is 3.67. The number of hydrogen-bond acceptors (Lipinski definition) is 3. The van der Waals surface area contributed by atoms with Crippen molar-refractivity contribution in [2.75, 3.05) is 6.61 Å². The highest BCUT2D eigenvalue weighted by molar-refractivity contribution is 5.89. The van der Waals surface area contributed by atoms with Crippen LogP contribution in [0.5, 0.6) is 0 Å². The Morgan fingerprint density at radius 2 is 1.60 bits per heavy atom. The first-order valence-corrected chi connectivity index (χ1v) is 10.7. The van der Waals surface area contributed by atoms with E-state index in [-0.39, 0.29) is 16.8 Å². The van der Waals surface area contributed by atoms with Crippen molar-refractivity contribution >= 4 is 5.97 Å². The van der Waals surface area contributed by atoms with Crippen LogP contribution in [0.2, 0.25) is 0 Å². The molecule has 3 aromatic rings. The predicted octanol–water partition coefficient (Wildman–Crippen LogP) is 6.27. The van der Waals surface area contributed by atoms with Gasteiger partial charge in [-0.15, -0.1) is 0 Å². The molecule has 0 radical (unpaired) electrons. The summed E-state index contributed by atoms with van der Waals surface area (Å²) in [6.45, 7) is 11.5. The first-order valence-electron chi connectivity index (χ1n) is 10.7. The molecule has 0 bridgehead atoms. The number of H-pyrrole nitrogens is 1. The molecule has 156 valence electrons. The number of nitrogens with one attached hydrogen (secondary N) is 1. The van der Waals surface area contributed by atoms with E-state index in [4.69, 9.17) is 4.74 Å². The lowest BCUT2D eigenvalue weighted by Crippen LogP contribution is -2.33. The number of aromatic nitrogens is 2. The van der Waals surface area contributed by atoms with Gasteiger partial charge in [-0.05, 0) is 65.5 Å². The topological polar surface area (TPSA) is 55.0 Å². The molecule has 4 heteroatoms. The van der Waals surface area contributed by atoms with Crippen LogP contribution in [0.25, 0.3) is 22.6 Å². The Bertz CT molecular complexity index is 1070. The van der Waals surface area contributed by atoms with Crippen LogP contribution < -0.4 is 0 Å². The second-order valence-electron chi connectivity index (χ2n) is 9.47. The molecule has 0 amide bonds. The van der Waals surface area contributed by atoms with Gasteiger partial charge in [0.05, 0.1) is 24.1 Å². The van der Waals surface area contributed by atoms with Gasteiger partial charge in [-0.25, -0.2) is 9.78 Å². The lowest BCUT2D eigenvalue weighted by molar-refractivity contribution is 0.0526. The molecule has 0 atom stereocenters. The maximum Gasteiger partial charge on any atom is 0.338 e. The summed E-state index contributed by atoms with van der Waals surface area (Å²) in [5, 5.41) is 0. The number of esters is 1. The number of fused-ring (bicyclic) bond motifs is 1. The summed E-state index contributed by atoms with van der Waals surface area (Å²) < 4.78 is 5.05. The van der Waals surface area contributed by atoms with Gasteiger partial charge in [0.1, 0.15) is 5.82 Å². The second kappa shape index (κ2) is 7.42. The first kappa shape index (κ1) is 20.4. The maximum absolute atomic E-state index is 11.9. The second-order valence-corrected chi connectivity index (χ2v) is 9.47. The Balaban J connectivity index is 1.64. The summed E-state index contributed by atoms with van der Waals surface area (Å²) in [6.07, 6.45) is 4.29. The van der Waals surface area contributed by atoms with Crippen LogP contribution in [0.1, 0.15) is 68.9 Å². The van der Waals surface area contributed by atoms with Gasteiger partial charge in [-0.1, -0.05) is 52.0 Å². The molecule has 0 aliphatic heterocycles. The Morgan fingerprint density at radius 3 is 2.27 bits per heavy atom. The van der Waals surface area contributed by atoms with E-state index in [2.05, 4.69) is 55.9 Å². The van der Waals surface area contributed by atoms with Gasteiger partial charge in [-0.2, -0.15) is 0 Å². The van der Waals surface area contributed by atoms with Crippen molar-refractivity contribution in [3.05, 3.63) is 65.4 Å². The molecular formula is C26H30N2O2. The highest BCUT2D eigenvalue weighted by Crippen LogP contribution is 2.46. The number of rotatable bonds is 4. The van der Waals surface area contributed by atoms with Crippen molar-refractivity contribution < 1.29 is 9.53 Å². The van der Waals surface area contributed by atoms with Gasteiger partial charge in [-0.3, -0.25) is 0 Å². The van der Waals surface area contributed by atoms with Crippen LogP contribution in [0.4, 0.5) is 0 Å². The van der Waals surface area contributed by atoms with Crippen molar-refractivity contribution in [3.63, 3.8) is 0 Å². The summed E-state index contributed by atoms with van der Waals surface area (Å²) in [5.41, 5.74) is 6.92. The average Bonchev–Trinajstić information content (AvgIpc) is 3.22. The predicted molar refractivity (Wildman–Crippen MR) is 121 cm³/mol. The number of aromatic amines is 1. The minimum absolute atomic E-state index is 0.173. The molecule has 4 rings (SSSR count). The third-order valence-corrected chi connectivity index (χ3v) is 6.41. The average molecular weight is 403 g/mol. The molecule has 0 fully saturated rings. The molecule has 1 N–H and O–H groups in total. The molecule has 0 saturated carbocycles. The lowest BCUT2D eigenvalue weighted by Gasteiger charge is -2.42. The van der Waals surface area contributed by atoms with E-state index >= 15 is 0 Å². The zero-order valence-corrected chi connectivity index (χ0v) is 18.5. The number of imidazole rings is 1. The fourth-order valence-electron chi connectivity index (χ4n) is 4.35. The molecule has 1 aliphatic rings. The SMILES string of the molecule is CCOC(=O)c1ccc(-c2ncc(-c3ccc4c(c3)C(C)(C)CCC4(C)C)[nH]2)cc1. The van der Waals surface area contributed by atoms with Crippen LogP contribution in [-0.2, 0) is 15.6 Å². The van der Waals surface area contributed by atoms with E-state index in [1.54, 1.807) is 19.1 Å². The van der Waals surface area contributed by atoms with E-state index < -0.39 is 0 Å². The van der Waals surface area contributed by atoms with E-state index in [1.807, 2.05) is 18.3 Å². The summed E-state index contributed by atoms with van der Waals surface area (Å²) in [5.74, 6) is 0.488. The fraction of sp³-hybridized carbons (Fsp3) is 0.385. The summed E-state index contributed by atoms with van der Waals surface area (Å²) in [7, 11) is 0. The molecule has 1 aromatic heterocycles. The Kier molecular flexibility index (Phi) is 5.05. The highest BCUT2D eigenvalue weighted by atomic mass is 16.5. The van der Waals surface area contributed by atoms with Gasteiger partial charge in [0.25, 0.3) is 0 Å². The minimum atomic E-state index is -0.302. The molecule has 2 aromatic carbocycles. The van der Waals surface area contributed by atoms with Crippen LogP contribution in [0, 0.1) is 0 Å². The zero-order chi connectivity index (χ0) is 21.5. The Labute approximate surface area is 178 Å². The number of benzene rings is 2. The molecule has 1 heterocycles. The number of carbonyl (C=O) groups excluding carboxylic acids is 1. The standard InChI is InChI=1S/C26H30N2O2/c1-6-30-24(29)18-9-7-17(8-10-18)23-27-16-22(28-23)19-11-12-20-21(15-19)26(4,5)14-13-25(20,2)3/h7-12,15-16H,6,13-14H2,1-5H3,(H,27,28). The van der Waals surface area contributed by atoms with Crippen molar-refractivity contribution in [1.82, 2.24) is 9.97 Å². The molecule has 4 nitrogen and oxygen atoms in total. The normalized spacial score (nSPS) is 16.7. The Morgan fingerprint density at radius 1 is 0.967 bits per heavy atom. The molecule has 30 heavy (non-hydrogen) atoms. The van der Waals surface area contributed by atoms with Gasteiger partial charge in [0.2, 0.25) is 0 Å². The number of ether oxygens (including phenoxy) is 1. The van der Waals surface area contributed by atoms with Crippen molar-refractivity contribution in [2.45, 2.75) is 58.3 Å². The number of nitrogens with zero attached hydrogens (tertiary/aromatic N) is 1. The monoisotopic (exact) mass is 402 g/mol. The zero-order valence-electron chi connectivity index (χ0n) is 18.5. The summed E-state index contributed by atoms with van der Waals surface area (Å²) >= 11 is 0. The molecule has 0 spiro atoms. The third-order valence-electron chi connectivity index (χ3n) is 6.41. The van der Waals surface area contributed by atoms with Crippen molar-refractivity contribution in [2.24, 2.45) is 0 Å². The van der Waals surface area contributed by atoms with Gasteiger partial charge >= 0.3 is 5.97 Å². The lowest BCUT2D eigenvalue weighted by atomic mass is 9.63. The minimum Gasteiger partial charge on any atom is -0.462 e. The van der Waals surface area contributed by atoms with E-state index in [0.29, 0.717) is 12.2 Å². The largest absolute Gasteiger partial charge is 0.462 e. The maximum atomic E-state index is 11.9. The smallest absolute Gasteiger partial charge is 0.338 e. The van der Waals surface area contributed by atoms with Gasteiger partial charge in [0, 0.05) is 5.56 Å². The van der Waals surface area contributed by atoms with E-state index in [0.717, 1.165) is 22.6 Å². The molecule has 0 saturated heterocycles. The summed E-state index contributed by atoms with van der Waals surface area (Å²) in [6, 6.07) is 14.2. The molecular weight excluding hydrogens is 372 g/mol.